The van der Waals surface area contributed by atoms with Crippen LogP contribution in [0.15, 0.2) is 36.2 Å². The van der Waals surface area contributed by atoms with Crippen LogP contribution in [0.4, 0.5) is 0 Å². The molecule has 1 aliphatic heterocycles. The van der Waals surface area contributed by atoms with Crippen molar-refractivity contribution < 1.29 is 14.3 Å². The summed E-state index contributed by atoms with van der Waals surface area (Å²) in [7, 11) is 3.25. The number of rotatable bonds is 4. The van der Waals surface area contributed by atoms with Gasteiger partial charge in [-0.15, -0.1) is 0 Å². The SMILES string of the molecule is C/C=C(\C1=CNC(=O)C[C@@H](C)N1)c1cc(OC)cc(OC)c1. The highest BCUT2D eigenvalue weighted by molar-refractivity contribution is 5.83. The summed E-state index contributed by atoms with van der Waals surface area (Å²) in [6, 6.07) is 5.78. The van der Waals surface area contributed by atoms with Crippen LogP contribution < -0.4 is 20.1 Å². The van der Waals surface area contributed by atoms with Crippen molar-refractivity contribution in [3.63, 3.8) is 0 Å². The Hall–Kier alpha value is -2.43. The lowest BCUT2D eigenvalue weighted by molar-refractivity contribution is -0.120. The van der Waals surface area contributed by atoms with Crippen molar-refractivity contribution in [2.24, 2.45) is 0 Å². The van der Waals surface area contributed by atoms with Gasteiger partial charge in [-0.05, 0) is 31.5 Å². The van der Waals surface area contributed by atoms with E-state index < -0.39 is 0 Å². The lowest BCUT2D eigenvalue weighted by atomic mass is 10.0. The highest BCUT2D eigenvalue weighted by Gasteiger charge is 2.18. The molecule has 0 bridgehead atoms. The Morgan fingerprint density at radius 3 is 2.41 bits per heavy atom. The molecule has 5 nitrogen and oxygen atoms in total. The van der Waals surface area contributed by atoms with Crippen molar-refractivity contribution >= 4 is 11.5 Å². The molecule has 0 radical (unpaired) electrons. The number of carbonyl (C=O) groups is 1. The molecular weight excluding hydrogens is 280 g/mol. The van der Waals surface area contributed by atoms with E-state index in [2.05, 4.69) is 10.6 Å². The smallest absolute Gasteiger partial charge is 0.226 e. The van der Waals surface area contributed by atoms with E-state index in [1.165, 1.54) is 0 Å². The van der Waals surface area contributed by atoms with Crippen molar-refractivity contribution in [2.75, 3.05) is 14.2 Å². The lowest BCUT2D eigenvalue weighted by Gasteiger charge is -2.18. The largest absolute Gasteiger partial charge is 0.497 e. The van der Waals surface area contributed by atoms with Gasteiger partial charge >= 0.3 is 0 Å². The second-order valence-corrected chi connectivity index (χ2v) is 5.18. The van der Waals surface area contributed by atoms with E-state index in [0.29, 0.717) is 6.42 Å². The monoisotopic (exact) mass is 302 g/mol. The number of amides is 1. The standard InChI is InChI=1S/C17H22N2O3/c1-5-15(16-10-18-17(20)6-11(2)19-16)12-7-13(21-3)9-14(8-12)22-4/h5,7-11,19H,6H2,1-4H3,(H,18,20)/b15-5-/t11-/m1/s1. The summed E-state index contributed by atoms with van der Waals surface area (Å²) < 4.78 is 10.7. The fraction of sp³-hybridized carbons (Fsp3) is 0.353. The first-order chi connectivity index (χ1) is 10.6. The first-order valence-corrected chi connectivity index (χ1v) is 7.23. The Kier molecular flexibility index (Phi) is 5.09. The second kappa shape index (κ2) is 7.02. The predicted molar refractivity (Wildman–Crippen MR) is 86.6 cm³/mol. The van der Waals surface area contributed by atoms with Gasteiger partial charge in [0.05, 0.1) is 19.9 Å². The molecule has 0 aliphatic carbocycles. The maximum Gasteiger partial charge on any atom is 0.226 e. The highest BCUT2D eigenvalue weighted by Crippen LogP contribution is 2.30. The zero-order valence-electron chi connectivity index (χ0n) is 13.4. The average Bonchev–Trinajstić information content (AvgIpc) is 2.68. The van der Waals surface area contributed by atoms with Crippen LogP contribution >= 0.6 is 0 Å². The van der Waals surface area contributed by atoms with Crippen molar-refractivity contribution in [1.29, 1.82) is 0 Å². The summed E-state index contributed by atoms with van der Waals surface area (Å²) in [5.74, 6) is 1.45. The summed E-state index contributed by atoms with van der Waals surface area (Å²) >= 11 is 0. The minimum absolute atomic E-state index is 0.00803. The van der Waals surface area contributed by atoms with Crippen LogP contribution in [0.3, 0.4) is 0 Å². The zero-order chi connectivity index (χ0) is 16.1. The number of carbonyl (C=O) groups excluding carboxylic acids is 1. The van der Waals surface area contributed by atoms with Gasteiger partial charge < -0.3 is 20.1 Å². The molecule has 118 valence electrons. The van der Waals surface area contributed by atoms with Crippen LogP contribution in [0.5, 0.6) is 11.5 Å². The van der Waals surface area contributed by atoms with Gasteiger partial charge in [0.1, 0.15) is 11.5 Å². The third kappa shape index (κ3) is 3.61. The molecule has 2 rings (SSSR count). The van der Waals surface area contributed by atoms with Gasteiger partial charge in [-0.3, -0.25) is 4.79 Å². The molecule has 1 aromatic carbocycles. The van der Waals surface area contributed by atoms with Crippen LogP contribution in [0.25, 0.3) is 5.57 Å². The van der Waals surface area contributed by atoms with Crippen LogP contribution in [0.1, 0.15) is 25.8 Å². The number of allylic oxidation sites excluding steroid dienone is 2. The van der Waals surface area contributed by atoms with Gasteiger partial charge in [0.15, 0.2) is 0 Å². The third-order valence-electron chi connectivity index (χ3n) is 3.51. The Morgan fingerprint density at radius 2 is 1.86 bits per heavy atom. The Bertz CT molecular complexity index is 598. The maximum absolute atomic E-state index is 11.6. The average molecular weight is 302 g/mol. The van der Waals surface area contributed by atoms with E-state index in [4.69, 9.17) is 9.47 Å². The molecule has 1 amide bonds. The molecule has 0 unspecified atom stereocenters. The van der Waals surface area contributed by atoms with E-state index >= 15 is 0 Å². The number of benzene rings is 1. The van der Waals surface area contributed by atoms with Gasteiger partial charge in [0.25, 0.3) is 0 Å². The molecule has 0 saturated carbocycles. The van der Waals surface area contributed by atoms with Crippen molar-refractivity contribution in [1.82, 2.24) is 10.6 Å². The molecule has 0 spiro atoms. The number of methoxy groups -OCH3 is 2. The molecule has 1 aromatic rings. The van der Waals surface area contributed by atoms with Gasteiger partial charge in [0.2, 0.25) is 5.91 Å². The fourth-order valence-electron chi connectivity index (χ4n) is 2.44. The molecule has 5 heteroatoms. The molecule has 1 heterocycles. The molecular formula is C17H22N2O3. The number of hydrogen-bond acceptors (Lipinski definition) is 4. The summed E-state index contributed by atoms with van der Waals surface area (Å²) in [5.41, 5.74) is 2.81. The first kappa shape index (κ1) is 15.9. The van der Waals surface area contributed by atoms with E-state index in [-0.39, 0.29) is 11.9 Å². The minimum Gasteiger partial charge on any atom is -0.497 e. The van der Waals surface area contributed by atoms with Crippen LogP contribution in [0.2, 0.25) is 0 Å². The van der Waals surface area contributed by atoms with Gasteiger partial charge in [-0.2, -0.15) is 0 Å². The first-order valence-electron chi connectivity index (χ1n) is 7.23. The molecule has 0 aromatic heterocycles. The second-order valence-electron chi connectivity index (χ2n) is 5.18. The summed E-state index contributed by atoms with van der Waals surface area (Å²) in [5, 5.41) is 6.16. The quantitative estimate of drug-likeness (QED) is 0.897. The Balaban J connectivity index is 2.42. The van der Waals surface area contributed by atoms with Crippen LogP contribution in [-0.4, -0.2) is 26.2 Å². The zero-order valence-corrected chi connectivity index (χ0v) is 13.4. The number of nitrogens with one attached hydrogen (secondary N) is 2. The molecule has 0 saturated heterocycles. The molecule has 2 N–H and O–H groups in total. The van der Waals surface area contributed by atoms with E-state index in [9.17, 15) is 4.79 Å². The van der Waals surface area contributed by atoms with Crippen molar-refractivity contribution in [2.45, 2.75) is 26.3 Å². The predicted octanol–water partition coefficient (Wildman–Crippen LogP) is 2.45. The lowest BCUT2D eigenvalue weighted by Crippen LogP contribution is -2.27. The summed E-state index contributed by atoms with van der Waals surface area (Å²) in [6.45, 7) is 3.94. The fourth-order valence-corrected chi connectivity index (χ4v) is 2.44. The molecule has 0 fully saturated rings. The van der Waals surface area contributed by atoms with Crippen LogP contribution in [-0.2, 0) is 4.79 Å². The molecule has 22 heavy (non-hydrogen) atoms. The summed E-state index contributed by atoms with van der Waals surface area (Å²) in [6.07, 6.45) is 4.16. The Morgan fingerprint density at radius 1 is 1.23 bits per heavy atom. The van der Waals surface area contributed by atoms with E-state index in [0.717, 1.165) is 28.3 Å². The van der Waals surface area contributed by atoms with E-state index in [1.54, 1.807) is 20.4 Å². The number of hydrogen-bond donors (Lipinski definition) is 2. The van der Waals surface area contributed by atoms with Gasteiger partial charge in [-0.1, -0.05) is 6.08 Å². The number of ether oxygens (including phenoxy) is 2. The normalized spacial score (nSPS) is 18.7. The molecule has 1 atom stereocenters. The summed E-state index contributed by atoms with van der Waals surface area (Å²) in [4.78, 5) is 11.6. The topological polar surface area (TPSA) is 59.6 Å². The molecule has 1 aliphatic rings. The minimum atomic E-state index is 0.00803. The van der Waals surface area contributed by atoms with Gasteiger partial charge in [-0.25, -0.2) is 0 Å². The Labute approximate surface area is 131 Å². The van der Waals surface area contributed by atoms with Crippen LogP contribution in [0, 0.1) is 0 Å². The van der Waals surface area contributed by atoms with Crippen molar-refractivity contribution in [3.05, 3.63) is 41.7 Å². The van der Waals surface area contributed by atoms with Gasteiger partial charge in [0, 0.05) is 30.3 Å². The maximum atomic E-state index is 11.6. The third-order valence-corrected chi connectivity index (χ3v) is 3.51. The highest BCUT2D eigenvalue weighted by atomic mass is 16.5. The van der Waals surface area contributed by atoms with Crippen molar-refractivity contribution in [3.8, 4) is 11.5 Å². The van der Waals surface area contributed by atoms with E-state index in [1.807, 2.05) is 38.1 Å².